The Labute approximate surface area is 201 Å². The summed E-state index contributed by atoms with van der Waals surface area (Å²) in [6, 6.07) is 4.11. The van der Waals surface area contributed by atoms with Crippen molar-refractivity contribution in [3.05, 3.63) is 40.0 Å². The van der Waals surface area contributed by atoms with E-state index in [-0.39, 0.29) is 24.0 Å². The van der Waals surface area contributed by atoms with Gasteiger partial charge < -0.3 is 15.5 Å². The van der Waals surface area contributed by atoms with E-state index >= 15 is 0 Å². The lowest BCUT2D eigenvalue weighted by Crippen LogP contribution is -2.37. The van der Waals surface area contributed by atoms with Gasteiger partial charge in [-0.1, -0.05) is 18.9 Å². The van der Waals surface area contributed by atoms with Crippen molar-refractivity contribution in [1.82, 2.24) is 20.6 Å². The highest BCUT2D eigenvalue weighted by Gasteiger charge is 2.33. The van der Waals surface area contributed by atoms with E-state index in [2.05, 4.69) is 42.6 Å². The zero-order chi connectivity index (χ0) is 21.4. The zero-order valence-electron chi connectivity index (χ0n) is 17.4. The first-order valence-electron chi connectivity index (χ1n) is 10.1. The summed E-state index contributed by atoms with van der Waals surface area (Å²) in [6.07, 6.45) is 2.88. The monoisotopic (exact) mass is 568 g/mol. The maximum absolute atomic E-state index is 12.6. The first-order chi connectivity index (χ1) is 14.5. The van der Waals surface area contributed by atoms with Crippen LogP contribution in [0, 0.1) is 0 Å². The van der Waals surface area contributed by atoms with E-state index in [0.29, 0.717) is 30.5 Å². The van der Waals surface area contributed by atoms with Crippen molar-refractivity contribution >= 4 is 47.1 Å². The number of nitrogens with zero attached hydrogens (tertiary/aromatic N) is 4. The van der Waals surface area contributed by atoms with Crippen LogP contribution in [0.25, 0.3) is 0 Å². The average molecular weight is 568 g/mol. The quantitative estimate of drug-likeness (QED) is 0.306. The number of pyridine rings is 1. The number of halogens is 4. The Bertz CT molecular complexity index is 817. The highest BCUT2D eigenvalue weighted by Crippen LogP contribution is 2.30. The summed E-state index contributed by atoms with van der Waals surface area (Å²) >= 11 is 1.02. The van der Waals surface area contributed by atoms with Gasteiger partial charge >= 0.3 is 6.18 Å². The number of nitrogens with one attached hydrogen (secondary N) is 2. The van der Waals surface area contributed by atoms with Gasteiger partial charge in [0.05, 0.1) is 5.01 Å². The van der Waals surface area contributed by atoms with Crippen molar-refractivity contribution in [2.45, 2.75) is 44.8 Å². The van der Waals surface area contributed by atoms with Crippen LogP contribution in [0.2, 0.25) is 0 Å². The van der Waals surface area contributed by atoms with Crippen molar-refractivity contribution in [3.63, 3.8) is 0 Å². The Kier molecular flexibility index (Phi) is 10.3. The number of aromatic nitrogens is 2. The molecule has 3 heterocycles. The van der Waals surface area contributed by atoms with E-state index in [1.54, 1.807) is 7.05 Å². The molecule has 1 aliphatic rings. The summed E-state index contributed by atoms with van der Waals surface area (Å²) in [5.74, 6) is 1.60. The molecule has 0 amide bonds. The van der Waals surface area contributed by atoms with Crippen LogP contribution in [0.1, 0.15) is 41.9 Å². The predicted molar refractivity (Wildman–Crippen MR) is 129 cm³/mol. The number of guanidine groups is 1. The number of hydrogen-bond acceptors (Lipinski definition) is 5. The minimum Gasteiger partial charge on any atom is -0.357 e. The smallest absolute Gasteiger partial charge is 0.357 e. The van der Waals surface area contributed by atoms with Crippen LogP contribution in [-0.2, 0) is 19.1 Å². The van der Waals surface area contributed by atoms with E-state index < -0.39 is 11.9 Å². The van der Waals surface area contributed by atoms with Crippen LogP contribution in [0.5, 0.6) is 0 Å². The van der Waals surface area contributed by atoms with E-state index in [0.717, 1.165) is 41.2 Å². The maximum atomic E-state index is 12.6. The van der Waals surface area contributed by atoms with Crippen molar-refractivity contribution in [2.75, 3.05) is 31.6 Å². The van der Waals surface area contributed by atoms with Crippen LogP contribution in [0.15, 0.2) is 28.7 Å². The third kappa shape index (κ3) is 8.09. The predicted octanol–water partition coefficient (Wildman–Crippen LogP) is 4.46. The van der Waals surface area contributed by atoms with E-state index in [1.807, 2.05) is 6.20 Å². The number of thiazole rings is 1. The molecule has 0 bridgehead atoms. The molecule has 172 valence electrons. The van der Waals surface area contributed by atoms with Crippen molar-refractivity contribution in [1.29, 1.82) is 0 Å². The highest BCUT2D eigenvalue weighted by molar-refractivity contribution is 14.0. The van der Waals surface area contributed by atoms with Crippen molar-refractivity contribution < 1.29 is 13.2 Å². The zero-order valence-corrected chi connectivity index (χ0v) is 20.6. The molecule has 0 unspecified atom stereocenters. The van der Waals surface area contributed by atoms with Gasteiger partial charge in [-0.2, -0.15) is 13.2 Å². The minimum atomic E-state index is -4.39. The normalized spacial score (nSPS) is 15.2. The van der Waals surface area contributed by atoms with Crippen LogP contribution < -0.4 is 15.5 Å². The van der Waals surface area contributed by atoms with Crippen molar-refractivity contribution in [2.24, 2.45) is 4.99 Å². The van der Waals surface area contributed by atoms with Gasteiger partial charge in [-0.25, -0.2) is 9.97 Å². The second-order valence-corrected chi connectivity index (χ2v) is 8.10. The molecule has 0 radical (unpaired) electrons. The second kappa shape index (κ2) is 12.4. The second-order valence-electron chi connectivity index (χ2n) is 7.15. The van der Waals surface area contributed by atoms with Crippen LogP contribution in [0.4, 0.5) is 19.0 Å². The number of hydrogen-bond donors (Lipinski definition) is 2. The van der Waals surface area contributed by atoms with Gasteiger partial charge in [0, 0.05) is 51.2 Å². The third-order valence-electron chi connectivity index (χ3n) is 4.90. The third-order valence-corrected chi connectivity index (χ3v) is 5.80. The Balaban J connectivity index is 0.00000341. The fraction of sp³-hybridized carbons (Fsp3) is 0.550. The Morgan fingerprint density at radius 1 is 1.16 bits per heavy atom. The van der Waals surface area contributed by atoms with Gasteiger partial charge in [0.2, 0.25) is 0 Å². The first kappa shape index (κ1) is 25.6. The first-order valence-corrected chi connectivity index (χ1v) is 11.0. The Hall–Kier alpha value is -1.63. The van der Waals surface area contributed by atoms with Gasteiger partial charge in [0.25, 0.3) is 0 Å². The summed E-state index contributed by atoms with van der Waals surface area (Å²) in [5, 5.41) is 7.79. The molecule has 11 heteroatoms. The summed E-state index contributed by atoms with van der Waals surface area (Å²) in [7, 11) is 1.65. The molecule has 2 N–H and O–H groups in total. The lowest BCUT2D eigenvalue weighted by atomic mass is 10.2. The fourth-order valence-corrected chi connectivity index (χ4v) is 4.06. The van der Waals surface area contributed by atoms with Gasteiger partial charge in [-0.05, 0) is 24.5 Å². The number of anilines is 1. The molecule has 6 nitrogen and oxygen atoms in total. The minimum absolute atomic E-state index is 0. The number of alkyl halides is 3. The number of aliphatic imine (C=N–C) groups is 1. The molecule has 3 rings (SSSR count). The fourth-order valence-electron chi connectivity index (χ4n) is 3.26. The Morgan fingerprint density at radius 2 is 1.90 bits per heavy atom. The molecule has 31 heavy (non-hydrogen) atoms. The lowest BCUT2D eigenvalue weighted by molar-refractivity contribution is -0.140. The molecule has 1 saturated heterocycles. The van der Waals surface area contributed by atoms with Gasteiger partial charge in [-0.15, -0.1) is 35.3 Å². The van der Waals surface area contributed by atoms with Crippen molar-refractivity contribution in [3.8, 4) is 0 Å². The molecule has 0 saturated carbocycles. The molecular formula is C20H28F3IN6S. The summed E-state index contributed by atoms with van der Waals surface area (Å²) in [4.78, 5) is 14.7. The maximum Gasteiger partial charge on any atom is 0.434 e. The van der Waals surface area contributed by atoms with Gasteiger partial charge in [0.1, 0.15) is 5.82 Å². The summed E-state index contributed by atoms with van der Waals surface area (Å²) < 4.78 is 37.8. The average Bonchev–Trinajstić information content (AvgIpc) is 3.05. The van der Waals surface area contributed by atoms with Crippen LogP contribution >= 0.6 is 35.3 Å². The molecular weight excluding hydrogens is 540 g/mol. The molecule has 1 aliphatic heterocycles. The molecule has 1 fully saturated rings. The van der Waals surface area contributed by atoms with E-state index in [9.17, 15) is 13.2 Å². The topological polar surface area (TPSA) is 65.4 Å². The van der Waals surface area contributed by atoms with Gasteiger partial charge in [-0.3, -0.25) is 4.99 Å². The van der Waals surface area contributed by atoms with Crippen LogP contribution in [-0.4, -0.2) is 42.6 Å². The van der Waals surface area contributed by atoms with E-state index in [4.69, 9.17) is 0 Å². The summed E-state index contributed by atoms with van der Waals surface area (Å²) in [5.41, 5.74) is 0.201. The molecule has 0 atom stereocenters. The Morgan fingerprint density at radius 3 is 2.48 bits per heavy atom. The molecule has 0 aromatic carbocycles. The highest BCUT2D eigenvalue weighted by atomic mass is 127. The molecule has 2 aromatic heterocycles. The molecule has 0 aliphatic carbocycles. The summed E-state index contributed by atoms with van der Waals surface area (Å²) in [6.45, 7) is 3.12. The molecule has 0 spiro atoms. The standard InChI is InChI=1S/C20H27F3N6S.HI/c1-24-19(25-9-8-18-28-16(14-30-18)20(21,22)23)27-13-15-6-7-17(26-12-15)29-10-4-2-3-5-11-29;/h6-7,12,14H,2-5,8-11,13H2,1H3,(H2,24,25,27);1H. The largest absolute Gasteiger partial charge is 0.434 e. The molecule has 2 aromatic rings. The van der Waals surface area contributed by atoms with E-state index in [1.165, 1.54) is 25.7 Å². The number of rotatable bonds is 6. The lowest BCUT2D eigenvalue weighted by Gasteiger charge is -2.21. The SMILES string of the molecule is CN=C(NCCc1nc(C(F)(F)F)cs1)NCc1ccc(N2CCCCCC2)nc1.I. The van der Waals surface area contributed by atoms with Crippen LogP contribution in [0.3, 0.4) is 0 Å². The van der Waals surface area contributed by atoms with Gasteiger partial charge in [0.15, 0.2) is 11.7 Å².